The molecule has 0 unspecified atom stereocenters. The number of alkyl halides is 3. The number of nitrogens with zero attached hydrogens (tertiary/aromatic N) is 2. The molecule has 0 radical (unpaired) electrons. The van der Waals surface area contributed by atoms with Crippen LogP contribution in [0, 0.1) is 12.3 Å². The number of rotatable bonds is 2. The quantitative estimate of drug-likeness (QED) is 0.583. The fraction of sp³-hybridized carbons (Fsp3) is 0.250. The highest BCUT2D eigenvalue weighted by Gasteiger charge is 2.36. The zero-order valence-electron chi connectivity index (χ0n) is 7.18. The molecule has 0 atom stereocenters. The van der Waals surface area contributed by atoms with E-state index >= 15 is 0 Å². The van der Waals surface area contributed by atoms with Gasteiger partial charge in [0.2, 0.25) is 11.2 Å². The largest absolute Gasteiger partial charge is 0.464 e. The van der Waals surface area contributed by atoms with Gasteiger partial charge in [-0.1, -0.05) is 5.92 Å². The van der Waals surface area contributed by atoms with Gasteiger partial charge in [-0.25, -0.2) is 4.98 Å². The van der Waals surface area contributed by atoms with Crippen LogP contribution in [0.4, 0.5) is 13.2 Å². The van der Waals surface area contributed by atoms with Gasteiger partial charge in [0.1, 0.15) is 5.56 Å². The lowest BCUT2D eigenvalue weighted by Gasteiger charge is -2.10. The van der Waals surface area contributed by atoms with Crippen LogP contribution in [0.2, 0.25) is 5.28 Å². The molecule has 0 bridgehead atoms. The Hall–Kier alpha value is -1.48. The van der Waals surface area contributed by atoms with Crippen LogP contribution >= 0.6 is 11.6 Å². The summed E-state index contributed by atoms with van der Waals surface area (Å²) >= 11 is 5.32. The van der Waals surface area contributed by atoms with E-state index in [0.29, 0.717) is 6.20 Å². The minimum absolute atomic E-state index is 0.323. The molecule has 0 aromatic carbocycles. The molecule has 1 aromatic rings. The van der Waals surface area contributed by atoms with Gasteiger partial charge in [-0.2, -0.15) is 18.2 Å². The molecule has 0 fully saturated rings. The zero-order valence-corrected chi connectivity index (χ0v) is 7.93. The Morgan fingerprint density at radius 1 is 1.53 bits per heavy atom. The summed E-state index contributed by atoms with van der Waals surface area (Å²) in [7, 11) is 0. The van der Waals surface area contributed by atoms with Gasteiger partial charge < -0.3 is 4.74 Å². The molecule has 0 amide bonds. The van der Waals surface area contributed by atoms with Gasteiger partial charge in [0.25, 0.3) is 0 Å². The lowest BCUT2D eigenvalue weighted by Crippen LogP contribution is -2.11. The Balaban J connectivity index is 3.10. The van der Waals surface area contributed by atoms with E-state index in [1.807, 2.05) is 5.92 Å². The van der Waals surface area contributed by atoms with Crippen LogP contribution < -0.4 is 4.74 Å². The summed E-state index contributed by atoms with van der Waals surface area (Å²) in [6, 6.07) is 0. The topological polar surface area (TPSA) is 35.0 Å². The molecule has 15 heavy (non-hydrogen) atoms. The Labute approximate surface area is 88.2 Å². The minimum atomic E-state index is -4.60. The average molecular weight is 237 g/mol. The van der Waals surface area contributed by atoms with Crippen molar-refractivity contribution in [2.24, 2.45) is 0 Å². The predicted molar refractivity (Wildman–Crippen MR) is 46.4 cm³/mol. The molecule has 0 saturated heterocycles. The number of terminal acetylenes is 1. The second kappa shape index (κ2) is 4.36. The lowest BCUT2D eigenvalue weighted by molar-refractivity contribution is -0.139. The smallest absolute Gasteiger partial charge is 0.423 e. The van der Waals surface area contributed by atoms with E-state index in [-0.39, 0.29) is 11.9 Å². The summed E-state index contributed by atoms with van der Waals surface area (Å²) in [5, 5.41) is -0.338. The molecule has 0 aliphatic rings. The Kier molecular flexibility index (Phi) is 3.37. The van der Waals surface area contributed by atoms with Crippen LogP contribution in [0.15, 0.2) is 6.20 Å². The van der Waals surface area contributed by atoms with Gasteiger partial charge in [-0.3, -0.25) is 0 Å². The summed E-state index contributed by atoms with van der Waals surface area (Å²) in [6.45, 7) is -0.323. The summed E-state index contributed by atoms with van der Waals surface area (Å²) in [5.41, 5.74) is -1.11. The SMILES string of the molecule is C#CCOc1nc(Cl)ncc1C(F)(F)F. The summed E-state index contributed by atoms with van der Waals surface area (Å²) in [6.07, 6.45) is 0.781. The maximum Gasteiger partial charge on any atom is 0.423 e. The standard InChI is InChI=1S/C8H4ClF3N2O/c1-2-3-15-6-5(8(10,11)12)4-13-7(9)14-6/h1,4H,3H2. The second-order valence-corrected chi connectivity index (χ2v) is 2.69. The van der Waals surface area contributed by atoms with E-state index in [4.69, 9.17) is 18.0 Å². The number of halogens is 4. The van der Waals surface area contributed by atoms with Crippen LogP contribution in [0.1, 0.15) is 5.56 Å². The van der Waals surface area contributed by atoms with Gasteiger partial charge in [-0.15, -0.1) is 6.42 Å². The Bertz CT molecular complexity index is 400. The van der Waals surface area contributed by atoms with Crippen molar-refractivity contribution in [2.75, 3.05) is 6.61 Å². The molecular formula is C8H4ClF3N2O. The first-order chi connectivity index (χ1) is 6.95. The summed E-state index contributed by atoms with van der Waals surface area (Å²) < 4.78 is 41.7. The highest BCUT2D eigenvalue weighted by atomic mass is 35.5. The molecule has 0 aliphatic heterocycles. The highest BCUT2D eigenvalue weighted by molar-refractivity contribution is 6.28. The molecule has 0 saturated carbocycles. The van der Waals surface area contributed by atoms with Crippen LogP contribution in [-0.4, -0.2) is 16.6 Å². The Morgan fingerprint density at radius 2 is 2.20 bits per heavy atom. The molecule has 7 heteroatoms. The van der Waals surface area contributed by atoms with Gasteiger partial charge >= 0.3 is 6.18 Å². The van der Waals surface area contributed by atoms with E-state index in [1.54, 1.807) is 0 Å². The third-order valence-corrected chi connectivity index (χ3v) is 1.50. The van der Waals surface area contributed by atoms with Gasteiger partial charge in [0.15, 0.2) is 6.61 Å². The second-order valence-electron chi connectivity index (χ2n) is 2.35. The van der Waals surface area contributed by atoms with Crippen molar-refractivity contribution in [1.82, 2.24) is 9.97 Å². The number of aromatic nitrogens is 2. The third kappa shape index (κ3) is 2.99. The van der Waals surface area contributed by atoms with Crippen molar-refractivity contribution in [3.8, 4) is 18.2 Å². The minimum Gasteiger partial charge on any atom is -0.464 e. The van der Waals surface area contributed by atoms with Crippen molar-refractivity contribution >= 4 is 11.6 Å². The molecule has 1 aromatic heterocycles. The number of hydrogen-bond acceptors (Lipinski definition) is 3. The van der Waals surface area contributed by atoms with E-state index < -0.39 is 17.6 Å². The molecular weight excluding hydrogens is 233 g/mol. The molecule has 0 aliphatic carbocycles. The average Bonchev–Trinajstić information content (AvgIpc) is 2.12. The molecule has 0 spiro atoms. The lowest BCUT2D eigenvalue weighted by atomic mass is 10.3. The van der Waals surface area contributed by atoms with Crippen LogP contribution in [0.25, 0.3) is 0 Å². The third-order valence-electron chi connectivity index (χ3n) is 1.32. The maximum absolute atomic E-state index is 12.4. The fourth-order valence-corrected chi connectivity index (χ4v) is 0.886. The summed E-state index contributed by atoms with van der Waals surface area (Å²) in [5.74, 6) is 1.35. The highest BCUT2D eigenvalue weighted by Crippen LogP contribution is 2.34. The van der Waals surface area contributed by atoms with Gasteiger partial charge in [-0.05, 0) is 11.6 Å². The monoisotopic (exact) mass is 236 g/mol. The number of hydrogen-bond donors (Lipinski definition) is 0. The van der Waals surface area contributed by atoms with Crippen molar-refractivity contribution in [3.63, 3.8) is 0 Å². The number of ether oxygens (including phenoxy) is 1. The van der Waals surface area contributed by atoms with E-state index in [9.17, 15) is 13.2 Å². The first-order valence-electron chi connectivity index (χ1n) is 3.61. The van der Waals surface area contributed by atoms with Crippen molar-refractivity contribution in [3.05, 3.63) is 17.0 Å². The van der Waals surface area contributed by atoms with E-state index in [1.165, 1.54) is 0 Å². The van der Waals surface area contributed by atoms with E-state index in [2.05, 4.69) is 14.7 Å². The molecule has 3 nitrogen and oxygen atoms in total. The fourth-order valence-electron chi connectivity index (χ4n) is 0.760. The first-order valence-corrected chi connectivity index (χ1v) is 3.99. The van der Waals surface area contributed by atoms with Crippen LogP contribution in [-0.2, 0) is 6.18 Å². The molecule has 0 N–H and O–H groups in total. The molecule has 1 rings (SSSR count). The maximum atomic E-state index is 12.4. The molecule has 1 heterocycles. The first kappa shape index (κ1) is 11.6. The van der Waals surface area contributed by atoms with Crippen molar-refractivity contribution in [2.45, 2.75) is 6.18 Å². The van der Waals surface area contributed by atoms with Crippen LogP contribution in [0.3, 0.4) is 0 Å². The van der Waals surface area contributed by atoms with Crippen molar-refractivity contribution < 1.29 is 17.9 Å². The summed E-state index contributed by atoms with van der Waals surface area (Å²) in [4.78, 5) is 6.51. The normalized spacial score (nSPS) is 10.9. The van der Waals surface area contributed by atoms with E-state index in [0.717, 1.165) is 0 Å². The molecule has 80 valence electrons. The van der Waals surface area contributed by atoms with Gasteiger partial charge in [0.05, 0.1) is 0 Å². The predicted octanol–water partition coefficient (Wildman–Crippen LogP) is 2.16. The zero-order chi connectivity index (χ0) is 11.5. The van der Waals surface area contributed by atoms with Crippen LogP contribution in [0.5, 0.6) is 5.88 Å². The van der Waals surface area contributed by atoms with Gasteiger partial charge in [0, 0.05) is 6.20 Å². The van der Waals surface area contributed by atoms with Crippen molar-refractivity contribution in [1.29, 1.82) is 0 Å². The Morgan fingerprint density at radius 3 is 2.73 bits per heavy atom.